The molecule has 0 aliphatic rings. The highest BCUT2D eigenvalue weighted by Crippen LogP contribution is 2.18. The highest BCUT2D eigenvalue weighted by atomic mass is 32.2. The number of hydrogen-bond acceptors (Lipinski definition) is 4. The standard InChI is InChI=1S/C14H24N2O3S/c1-12(2)13-5-4-6-14(11-13)20(17,18)16-8-7-15-9-10-19-3/h4-6,11-12,15-16H,7-10H2,1-3H3. The molecule has 0 amide bonds. The van der Waals surface area contributed by atoms with Gasteiger partial charge in [-0.05, 0) is 23.6 Å². The number of ether oxygens (including phenoxy) is 1. The monoisotopic (exact) mass is 300 g/mol. The summed E-state index contributed by atoms with van der Waals surface area (Å²) in [6, 6.07) is 7.06. The van der Waals surface area contributed by atoms with Gasteiger partial charge in [0.05, 0.1) is 11.5 Å². The molecule has 0 fully saturated rings. The van der Waals surface area contributed by atoms with Crippen LogP contribution in [0.25, 0.3) is 0 Å². The van der Waals surface area contributed by atoms with Gasteiger partial charge in [-0.15, -0.1) is 0 Å². The topological polar surface area (TPSA) is 67.4 Å². The Hall–Kier alpha value is -0.950. The van der Waals surface area contributed by atoms with E-state index in [4.69, 9.17) is 4.74 Å². The fraction of sp³-hybridized carbons (Fsp3) is 0.571. The minimum absolute atomic E-state index is 0.306. The third-order valence-corrected chi connectivity index (χ3v) is 4.37. The zero-order valence-corrected chi connectivity index (χ0v) is 13.2. The van der Waals surface area contributed by atoms with Crippen LogP contribution < -0.4 is 10.0 Å². The van der Waals surface area contributed by atoms with E-state index in [0.29, 0.717) is 37.1 Å². The van der Waals surface area contributed by atoms with E-state index < -0.39 is 10.0 Å². The van der Waals surface area contributed by atoms with Crippen LogP contribution in [-0.4, -0.2) is 41.8 Å². The van der Waals surface area contributed by atoms with Crippen LogP contribution in [0.15, 0.2) is 29.2 Å². The van der Waals surface area contributed by atoms with Crippen molar-refractivity contribution >= 4 is 10.0 Å². The maximum absolute atomic E-state index is 12.1. The number of hydrogen-bond donors (Lipinski definition) is 2. The SMILES string of the molecule is COCCNCCNS(=O)(=O)c1cccc(C(C)C)c1. The molecule has 0 heterocycles. The predicted molar refractivity (Wildman–Crippen MR) is 80.5 cm³/mol. The number of nitrogens with one attached hydrogen (secondary N) is 2. The molecule has 1 aromatic rings. The van der Waals surface area contributed by atoms with Gasteiger partial charge in [-0.1, -0.05) is 26.0 Å². The molecule has 0 unspecified atom stereocenters. The van der Waals surface area contributed by atoms with Crippen LogP contribution in [0.3, 0.4) is 0 Å². The van der Waals surface area contributed by atoms with Gasteiger partial charge in [0, 0.05) is 26.7 Å². The largest absolute Gasteiger partial charge is 0.383 e. The van der Waals surface area contributed by atoms with Gasteiger partial charge in [0.1, 0.15) is 0 Å². The fourth-order valence-corrected chi connectivity index (χ4v) is 2.78. The molecule has 2 N–H and O–H groups in total. The third kappa shape index (κ3) is 5.58. The van der Waals surface area contributed by atoms with Crippen LogP contribution in [0.1, 0.15) is 25.3 Å². The Balaban J connectivity index is 2.54. The first-order valence-electron chi connectivity index (χ1n) is 6.76. The zero-order valence-electron chi connectivity index (χ0n) is 12.3. The van der Waals surface area contributed by atoms with Gasteiger partial charge < -0.3 is 10.1 Å². The van der Waals surface area contributed by atoms with Crippen LogP contribution in [0, 0.1) is 0 Å². The lowest BCUT2D eigenvalue weighted by Crippen LogP contribution is -2.33. The maximum atomic E-state index is 12.1. The molecular formula is C14H24N2O3S. The molecule has 0 aliphatic heterocycles. The number of sulfonamides is 1. The summed E-state index contributed by atoms with van der Waals surface area (Å²) < 4.78 is 31.7. The average Bonchev–Trinajstić information content (AvgIpc) is 2.43. The van der Waals surface area contributed by atoms with E-state index in [-0.39, 0.29) is 0 Å². The van der Waals surface area contributed by atoms with Crippen molar-refractivity contribution in [3.63, 3.8) is 0 Å². The van der Waals surface area contributed by atoms with E-state index in [1.807, 2.05) is 19.9 Å². The maximum Gasteiger partial charge on any atom is 0.240 e. The van der Waals surface area contributed by atoms with Gasteiger partial charge in [0.2, 0.25) is 10.0 Å². The second kappa shape index (κ2) is 8.36. The van der Waals surface area contributed by atoms with E-state index >= 15 is 0 Å². The van der Waals surface area contributed by atoms with Crippen molar-refractivity contribution in [2.24, 2.45) is 0 Å². The molecule has 20 heavy (non-hydrogen) atoms. The van der Waals surface area contributed by atoms with Crippen molar-refractivity contribution < 1.29 is 13.2 Å². The molecule has 6 heteroatoms. The molecule has 0 bridgehead atoms. The van der Waals surface area contributed by atoms with Gasteiger partial charge >= 0.3 is 0 Å². The lowest BCUT2D eigenvalue weighted by atomic mass is 10.0. The number of methoxy groups -OCH3 is 1. The minimum atomic E-state index is -3.43. The summed E-state index contributed by atoms with van der Waals surface area (Å²) in [5.41, 5.74) is 1.02. The molecule has 1 rings (SSSR count). The third-order valence-electron chi connectivity index (χ3n) is 2.91. The molecule has 0 spiro atoms. The van der Waals surface area contributed by atoms with Gasteiger partial charge in [-0.25, -0.2) is 13.1 Å². The van der Waals surface area contributed by atoms with Gasteiger partial charge in [-0.2, -0.15) is 0 Å². The molecule has 0 atom stereocenters. The van der Waals surface area contributed by atoms with Crippen LogP contribution >= 0.6 is 0 Å². The highest BCUT2D eigenvalue weighted by molar-refractivity contribution is 7.89. The normalized spacial score (nSPS) is 12.0. The van der Waals surface area contributed by atoms with Gasteiger partial charge in [0.25, 0.3) is 0 Å². The second-order valence-electron chi connectivity index (χ2n) is 4.87. The second-order valence-corrected chi connectivity index (χ2v) is 6.63. The fourth-order valence-electron chi connectivity index (χ4n) is 1.70. The molecule has 0 aromatic heterocycles. The lowest BCUT2D eigenvalue weighted by molar-refractivity contribution is 0.199. The molecule has 0 radical (unpaired) electrons. The lowest BCUT2D eigenvalue weighted by Gasteiger charge is -2.10. The van der Waals surface area contributed by atoms with Crippen LogP contribution in [0.5, 0.6) is 0 Å². The highest BCUT2D eigenvalue weighted by Gasteiger charge is 2.14. The van der Waals surface area contributed by atoms with E-state index in [9.17, 15) is 8.42 Å². The zero-order chi connectivity index (χ0) is 15.0. The summed E-state index contributed by atoms with van der Waals surface area (Å²) in [6.45, 7) is 6.34. The first-order valence-corrected chi connectivity index (χ1v) is 8.25. The first-order chi connectivity index (χ1) is 9.47. The molecule has 0 saturated carbocycles. The van der Waals surface area contributed by atoms with Gasteiger partial charge in [-0.3, -0.25) is 0 Å². The molecule has 114 valence electrons. The molecule has 1 aromatic carbocycles. The Bertz CT molecular complexity index is 501. The predicted octanol–water partition coefficient (Wildman–Crippen LogP) is 1.32. The Morgan fingerprint density at radius 1 is 1.20 bits per heavy atom. The average molecular weight is 300 g/mol. The Morgan fingerprint density at radius 2 is 1.95 bits per heavy atom. The van der Waals surface area contributed by atoms with Crippen molar-refractivity contribution in [1.82, 2.24) is 10.0 Å². The molecule has 0 aliphatic carbocycles. The van der Waals surface area contributed by atoms with E-state index in [1.165, 1.54) is 0 Å². The summed E-state index contributed by atoms with van der Waals surface area (Å²) in [6.07, 6.45) is 0. The molecule has 5 nitrogen and oxygen atoms in total. The first kappa shape index (κ1) is 17.1. The quantitative estimate of drug-likeness (QED) is 0.675. The number of rotatable bonds is 9. The van der Waals surface area contributed by atoms with Crippen molar-refractivity contribution in [3.8, 4) is 0 Å². The van der Waals surface area contributed by atoms with E-state index in [0.717, 1.165) is 5.56 Å². The van der Waals surface area contributed by atoms with Crippen molar-refractivity contribution in [3.05, 3.63) is 29.8 Å². The van der Waals surface area contributed by atoms with Crippen molar-refractivity contribution in [2.45, 2.75) is 24.7 Å². The summed E-state index contributed by atoms with van der Waals surface area (Å²) in [5.74, 6) is 0.306. The van der Waals surface area contributed by atoms with E-state index in [1.54, 1.807) is 25.3 Å². The van der Waals surface area contributed by atoms with Crippen LogP contribution in [0.2, 0.25) is 0 Å². The number of benzene rings is 1. The van der Waals surface area contributed by atoms with Crippen molar-refractivity contribution in [2.75, 3.05) is 33.4 Å². The minimum Gasteiger partial charge on any atom is -0.383 e. The van der Waals surface area contributed by atoms with Crippen molar-refractivity contribution in [1.29, 1.82) is 0 Å². The smallest absolute Gasteiger partial charge is 0.240 e. The Labute approximate surface area is 121 Å². The Morgan fingerprint density at radius 3 is 2.60 bits per heavy atom. The Kier molecular flexibility index (Phi) is 7.15. The van der Waals surface area contributed by atoms with E-state index in [2.05, 4.69) is 10.0 Å². The summed E-state index contributed by atoms with van der Waals surface area (Å²) in [4.78, 5) is 0.320. The summed E-state index contributed by atoms with van der Waals surface area (Å²) in [5, 5.41) is 3.09. The molecule has 0 saturated heterocycles. The summed E-state index contributed by atoms with van der Waals surface area (Å²) >= 11 is 0. The molecular weight excluding hydrogens is 276 g/mol. The summed E-state index contributed by atoms with van der Waals surface area (Å²) in [7, 11) is -1.80. The van der Waals surface area contributed by atoms with Crippen LogP contribution in [-0.2, 0) is 14.8 Å². The van der Waals surface area contributed by atoms with Gasteiger partial charge in [0.15, 0.2) is 0 Å². The van der Waals surface area contributed by atoms with Crippen LogP contribution in [0.4, 0.5) is 0 Å².